The zero-order chi connectivity index (χ0) is 24.9. The Kier molecular flexibility index (Phi) is 7.59. The predicted octanol–water partition coefficient (Wildman–Crippen LogP) is 5.01. The maximum atomic E-state index is 9.10. The molecule has 1 aliphatic heterocycles. The van der Waals surface area contributed by atoms with Gasteiger partial charge in [0.1, 0.15) is 12.4 Å². The smallest absolute Gasteiger partial charge is 0.232 e. The number of benzene rings is 2. The number of rotatable bonds is 9. The van der Waals surface area contributed by atoms with E-state index in [2.05, 4.69) is 22.8 Å². The summed E-state index contributed by atoms with van der Waals surface area (Å²) in [6.07, 6.45) is 4.60. The molecular formula is C28H31N5O2S. The van der Waals surface area contributed by atoms with Crippen LogP contribution in [0, 0.1) is 17.2 Å². The van der Waals surface area contributed by atoms with E-state index < -0.39 is 0 Å². The molecule has 1 aromatic heterocycles. The fourth-order valence-corrected chi connectivity index (χ4v) is 5.34. The van der Waals surface area contributed by atoms with Crippen molar-refractivity contribution in [3.8, 4) is 17.7 Å². The molecule has 0 N–H and O–H groups in total. The van der Waals surface area contributed by atoms with Crippen LogP contribution in [-0.4, -0.2) is 54.2 Å². The van der Waals surface area contributed by atoms with Crippen molar-refractivity contribution < 1.29 is 9.47 Å². The van der Waals surface area contributed by atoms with Gasteiger partial charge in [0.25, 0.3) is 0 Å². The van der Waals surface area contributed by atoms with Gasteiger partial charge in [-0.05, 0) is 67.6 Å². The lowest BCUT2D eigenvalue weighted by Crippen LogP contribution is -2.50. The third-order valence-electron chi connectivity index (χ3n) is 6.91. The van der Waals surface area contributed by atoms with Gasteiger partial charge in [-0.25, -0.2) is 4.98 Å². The summed E-state index contributed by atoms with van der Waals surface area (Å²) < 4.78 is 11.6. The largest absolute Gasteiger partial charge is 0.497 e. The van der Waals surface area contributed by atoms with Gasteiger partial charge in [0, 0.05) is 37.1 Å². The quantitative estimate of drug-likeness (QED) is 0.405. The maximum Gasteiger partial charge on any atom is 0.232 e. The zero-order valence-electron chi connectivity index (χ0n) is 20.8. The minimum Gasteiger partial charge on any atom is -0.497 e. The van der Waals surface area contributed by atoms with E-state index in [4.69, 9.17) is 24.7 Å². The lowest BCUT2D eigenvalue weighted by molar-refractivity contribution is 0.178. The van der Waals surface area contributed by atoms with E-state index in [0.717, 1.165) is 53.2 Å². The summed E-state index contributed by atoms with van der Waals surface area (Å²) in [4.78, 5) is 16.3. The average molecular weight is 502 g/mol. The number of hydrogen-bond donors (Lipinski definition) is 0. The van der Waals surface area contributed by atoms with Gasteiger partial charge in [-0.3, -0.25) is 4.90 Å². The number of aromatic nitrogens is 2. The van der Waals surface area contributed by atoms with Crippen molar-refractivity contribution in [3.05, 3.63) is 65.9 Å². The summed E-state index contributed by atoms with van der Waals surface area (Å²) in [5, 5.41) is 9.10. The topological polar surface area (TPSA) is 74.5 Å². The zero-order valence-corrected chi connectivity index (χ0v) is 21.6. The summed E-state index contributed by atoms with van der Waals surface area (Å²) in [6, 6.07) is 18.2. The van der Waals surface area contributed by atoms with Gasteiger partial charge in [0.15, 0.2) is 0 Å². The minimum atomic E-state index is 0.376. The molecule has 1 atom stereocenters. The van der Waals surface area contributed by atoms with Gasteiger partial charge in [-0.15, -0.1) is 0 Å². The van der Waals surface area contributed by atoms with Crippen LogP contribution in [0.15, 0.2) is 64.5 Å². The van der Waals surface area contributed by atoms with E-state index in [-0.39, 0.29) is 0 Å². The molecule has 0 radical (unpaired) electrons. The van der Waals surface area contributed by atoms with Gasteiger partial charge in [0.05, 0.1) is 29.8 Å². The first-order valence-corrected chi connectivity index (χ1v) is 13.2. The molecule has 2 aliphatic rings. The lowest BCUT2D eigenvalue weighted by atomic mass is 10.1. The van der Waals surface area contributed by atoms with Gasteiger partial charge < -0.3 is 14.4 Å². The number of anilines is 1. The van der Waals surface area contributed by atoms with Crippen LogP contribution in [0.1, 0.15) is 30.9 Å². The maximum absolute atomic E-state index is 9.10. The molecule has 2 fully saturated rings. The Hall–Kier alpha value is -3.28. The van der Waals surface area contributed by atoms with Crippen molar-refractivity contribution in [1.82, 2.24) is 14.9 Å². The van der Waals surface area contributed by atoms with Crippen molar-refractivity contribution in [2.24, 2.45) is 5.92 Å². The van der Waals surface area contributed by atoms with Gasteiger partial charge in [-0.1, -0.05) is 23.9 Å². The molecule has 8 heteroatoms. The molecule has 0 amide bonds. The first-order chi connectivity index (χ1) is 17.6. The second-order valence-electron chi connectivity index (χ2n) is 9.32. The molecule has 7 nitrogen and oxygen atoms in total. The fourth-order valence-electron chi connectivity index (χ4n) is 4.52. The molecule has 0 unspecified atom stereocenters. The van der Waals surface area contributed by atoms with Crippen molar-refractivity contribution in [1.29, 1.82) is 5.26 Å². The Morgan fingerprint density at radius 1 is 1.11 bits per heavy atom. The molecule has 1 saturated heterocycles. The van der Waals surface area contributed by atoms with Crippen molar-refractivity contribution in [2.45, 2.75) is 42.2 Å². The summed E-state index contributed by atoms with van der Waals surface area (Å²) in [5.74, 6) is 2.94. The first kappa shape index (κ1) is 24.4. The van der Waals surface area contributed by atoms with Crippen LogP contribution in [0.2, 0.25) is 0 Å². The summed E-state index contributed by atoms with van der Waals surface area (Å²) in [6.45, 7) is 6.62. The molecule has 0 spiro atoms. The van der Waals surface area contributed by atoms with Crippen LogP contribution in [0.5, 0.6) is 11.6 Å². The van der Waals surface area contributed by atoms with Crippen LogP contribution in [0.3, 0.4) is 0 Å². The van der Waals surface area contributed by atoms with E-state index >= 15 is 0 Å². The third kappa shape index (κ3) is 5.92. The SMILES string of the molecule is COc1cccc(COc2nc(N3CCN([C@H](C)C4CC4)CC3)ncc2Sc2ccc(C#N)cc2)c1. The lowest BCUT2D eigenvalue weighted by Gasteiger charge is -2.38. The van der Waals surface area contributed by atoms with Crippen LogP contribution < -0.4 is 14.4 Å². The second-order valence-corrected chi connectivity index (χ2v) is 10.4. The van der Waals surface area contributed by atoms with E-state index in [1.54, 1.807) is 7.11 Å². The van der Waals surface area contributed by atoms with Crippen LogP contribution in [0.4, 0.5) is 5.95 Å². The molecule has 5 rings (SSSR count). The highest BCUT2D eigenvalue weighted by atomic mass is 32.2. The van der Waals surface area contributed by atoms with E-state index in [1.165, 1.54) is 24.6 Å². The van der Waals surface area contributed by atoms with Gasteiger partial charge in [-0.2, -0.15) is 10.2 Å². The van der Waals surface area contributed by atoms with Crippen LogP contribution >= 0.6 is 11.8 Å². The van der Waals surface area contributed by atoms with Crippen molar-refractivity contribution in [3.63, 3.8) is 0 Å². The summed E-state index contributed by atoms with van der Waals surface area (Å²) in [7, 11) is 1.66. The number of hydrogen-bond acceptors (Lipinski definition) is 8. The number of nitrogens with zero attached hydrogens (tertiary/aromatic N) is 5. The first-order valence-electron chi connectivity index (χ1n) is 12.4. The molecule has 2 heterocycles. The Morgan fingerprint density at radius 3 is 2.58 bits per heavy atom. The standard InChI is InChI=1S/C28H31N5O2S/c1-20(23-8-9-23)32-12-14-33(15-13-32)28-30-18-26(36-25-10-6-21(17-29)7-11-25)27(31-28)35-19-22-4-3-5-24(16-22)34-2/h3-7,10-11,16,18,20,23H,8-9,12-15,19H2,1-2H3/t20-/m1/s1. The normalized spacial score (nSPS) is 16.9. The fraction of sp³-hybridized carbons (Fsp3) is 0.393. The Balaban J connectivity index is 1.33. The van der Waals surface area contributed by atoms with Gasteiger partial charge in [0.2, 0.25) is 11.8 Å². The van der Waals surface area contributed by atoms with E-state index in [9.17, 15) is 0 Å². The van der Waals surface area contributed by atoms with Crippen LogP contribution in [0.25, 0.3) is 0 Å². The third-order valence-corrected chi connectivity index (χ3v) is 7.92. The number of ether oxygens (including phenoxy) is 2. The number of piperazine rings is 1. The highest BCUT2D eigenvalue weighted by molar-refractivity contribution is 7.99. The Bertz CT molecular complexity index is 1220. The van der Waals surface area contributed by atoms with Crippen LogP contribution in [-0.2, 0) is 6.61 Å². The number of methoxy groups -OCH3 is 1. The van der Waals surface area contributed by atoms with E-state index in [1.807, 2.05) is 54.7 Å². The highest BCUT2D eigenvalue weighted by Crippen LogP contribution is 2.37. The molecule has 1 saturated carbocycles. The second kappa shape index (κ2) is 11.2. The molecule has 3 aromatic rings. The Morgan fingerprint density at radius 2 is 1.89 bits per heavy atom. The van der Waals surface area contributed by atoms with Crippen molar-refractivity contribution in [2.75, 3.05) is 38.2 Å². The Labute approximate surface area is 217 Å². The molecule has 1 aliphatic carbocycles. The number of nitriles is 1. The van der Waals surface area contributed by atoms with E-state index in [0.29, 0.717) is 30.0 Å². The molecule has 0 bridgehead atoms. The molecule has 36 heavy (non-hydrogen) atoms. The van der Waals surface area contributed by atoms with Gasteiger partial charge >= 0.3 is 0 Å². The summed E-state index contributed by atoms with van der Waals surface area (Å²) >= 11 is 1.54. The molecular weight excluding hydrogens is 470 g/mol. The minimum absolute atomic E-state index is 0.376. The molecule has 186 valence electrons. The monoisotopic (exact) mass is 501 g/mol. The average Bonchev–Trinajstić information content (AvgIpc) is 3.78. The summed E-state index contributed by atoms with van der Waals surface area (Å²) in [5.41, 5.74) is 1.64. The van der Waals surface area contributed by atoms with Crippen molar-refractivity contribution >= 4 is 17.7 Å². The molecule has 2 aromatic carbocycles. The highest BCUT2D eigenvalue weighted by Gasteiger charge is 2.33. The predicted molar refractivity (Wildman–Crippen MR) is 141 cm³/mol.